The zero-order chi connectivity index (χ0) is 13.2. The highest BCUT2D eigenvalue weighted by molar-refractivity contribution is 5.79. The van der Waals surface area contributed by atoms with E-state index in [1.807, 2.05) is 24.3 Å². The number of hydrogen-bond donors (Lipinski definition) is 2. The Bertz CT molecular complexity index is 468. The Balaban J connectivity index is 1.71. The van der Waals surface area contributed by atoms with Crippen LogP contribution >= 0.6 is 0 Å². The van der Waals surface area contributed by atoms with Crippen molar-refractivity contribution in [2.24, 2.45) is 5.92 Å². The highest BCUT2D eigenvalue weighted by atomic mass is 16.5. The number of amides is 1. The van der Waals surface area contributed by atoms with Gasteiger partial charge >= 0.3 is 0 Å². The molecule has 2 aliphatic rings. The number of benzene rings is 1. The van der Waals surface area contributed by atoms with E-state index in [9.17, 15) is 9.90 Å². The molecule has 1 aromatic rings. The SMILES string of the molecule is O=C(N[C@H]1c2ccccc2C[C@H]1O)C1CCCOC1. The molecule has 4 heteroatoms. The summed E-state index contributed by atoms with van der Waals surface area (Å²) in [5.74, 6) is -0.0748. The molecule has 1 aliphatic carbocycles. The van der Waals surface area contributed by atoms with Gasteiger partial charge in [0.15, 0.2) is 0 Å². The number of aliphatic hydroxyl groups excluding tert-OH is 1. The Morgan fingerprint density at radius 3 is 3.00 bits per heavy atom. The summed E-state index contributed by atoms with van der Waals surface area (Å²) >= 11 is 0. The molecule has 0 aromatic heterocycles. The number of nitrogens with one attached hydrogen (secondary N) is 1. The second-order valence-electron chi connectivity index (χ2n) is 5.37. The molecule has 4 nitrogen and oxygen atoms in total. The van der Waals surface area contributed by atoms with Gasteiger partial charge < -0.3 is 15.2 Å². The Morgan fingerprint density at radius 1 is 1.37 bits per heavy atom. The maximum absolute atomic E-state index is 12.2. The first-order valence-electron chi connectivity index (χ1n) is 6.89. The van der Waals surface area contributed by atoms with Crippen LogP contribution < -0.4 is 5.32 Å². The van der Waals surface area contributed by atoms with Gasteiger partial charge in [-0.3, -0.25) is 4.79 Å². The predicted octanol–water partition coefficient (Wildman–Crippen LogP) is 1.19. The smallest absolute Gasteiger partial charge is 0.226 e. The quantitative estimate of drug-likeness (QED) is 0.840. The molecule has 0 spiro atoms. The first-order valence-corrected chi connectivity index (χ1v) is 6.89. The van der Waals surface area contributed by atoms with Crippen molar-refractivity contribution in [3.05, 3.63) is 35.4 Å². The molecule has 0 bridgehead atoms. The fourth-order valence-corrected chi connectivity index (χ4v) is 2.97. The maximum Gasteiger partial charge on any atom is 0.226 e. The van der Waals surface area contributed by atoms with Gasteiger partial charge in [-0.1, -0.05) is 24.3 Å². The molecular weight excluding hydrogens is 242 g/mol. The van der Waals surface area contributed by atoms with Gasteiger partial charge in [-0.25, -0.2) is 0 Å². The average molecular weight is 261 g/mol. The van der Waals surface area contributed by atoms with Crippen LogP contribution in [0.15, 0.2) is 24.3 Å². The monoisotopic (exact) mass is 261 g/mol. The molecular formula is C15H19NO3. The summed E-state index contributed by atoms with van der Waals surface area (Å²) in [4.78, 5) is 12.2. The number of carbonyl (C=O) groups is 1. The molecule has 1 amide bonds. The predicted molar refractivity (Wildman–Crippen MR) is 70.6 cm³/mol. The third-order valence-corrected chi connectivity index (χ3v) is 4.03. The van der Waals surface area contributed by atoms with Gasteiger partial charge in [-0.2, -0.15) is 0 Å². The van der Waals surface area contributed by atoms with Gasteiger partial charge in [-0.05, 0) is 24.0 Å². The second kappa shape index (κ2) is 5.31. The third-order valence-electron chi connectivity index (χ3n) is 4.03. The second-order valence-corrected chi connectivity index (χ2v) is 5.37. The van der Waals surface area contributed by atoms with Crippen LogP contribution in [-0.4, -0.2) is 30.3 Å². The summed E-state index contributed by atoms with van der Waals surface area (Å²) < 4.78 is 5.34. The van der Waals surface area contributed by atoms with Crippen LogP contribution in [-0.2, 0) is 16.0 Å². The number of aliphatic hydroxyl groups is 1. The van der Waals surface area contributed by atoms with E-state index in [0.29, 0.717) is 13.0 Å². The normalized spacial score (nSPS) is 29.8. The van der Waals surface area contributed by atoms with Crippen molar-refractivity contribution in [1.29, 1.82) is 0 Å². The van der Waals surface area contributed by atoms with E-state index in [1.54, 1.807) is 0 Å². The van der Waals surface area contributed by atoms with E-state index in [2.05, 4.69) is 5.32 Å². The van der Waals surface area contributed by atoms with E-state index in [0.717, 1.165) is 30.6 Å². The van der Waals surface area contributed by atoms with E-state index < -0.39 is 6.10 Å². The van der Waals surface area contributed by atoms with Crippen LogP contribution in [0.2, 0.25) is 0 Å². The minimum Gasteiger partial charge on any atom is -0.390 e. The Morgan fingerprint density at radius 2 is 2.21 bits per heavy atom. The molecule has 2 N–H and O–H groups in total. The van der Waals surface area contributed by atoms with Crippen molar-refractivity contribution in [1.82, 2.24) is 5.32 Å². The number of ether oxygens (including phenoxy) is 1. The van der Waals surface area contributed by atoms with Crippen molar-refractivity contribution >= 4 is 5.91 Å². The first-order chi connectivity index (χ1) is 9.25. The van der Waals surface area contributed by atoms with Crippen molar-refractivity contribution in [3.63, 3.8) is 0 Å². The van der Waals surface area contributed by atoms with Crippen LogP contribution in [0.4, 0.5) is 0 Å². The zero-order valence-electron chi connectivity index (χ0n) is 10.8. The lowest BCUT2D eigenvalue weighted by Crippen LogP contribution is -2.40. The van der Waals surface area contributed by atoms with E-state index in [1.165, 1.54) is 0 Å². The third kappa shape index (κ3) is 2.51. The molecule has 1 aromatic carbocycles. The Hall–Kier alpha value is -1.39. The van der Waals surface area contributed by atoms with Crippen LogP contribution in [0.5, 0.6) is 0 Å². The van der Waals surface area contributed by atoms with Gasteiger partial charge in [0.05, 0.1) is 24.7 Å². The lowest BCUT2D eigenvalue weighted by molar-refractivity contribution is -0.130. The zero-order valence-corrected chi connectivity index (χ0v) is 10.8. The number of rotatable bonds is 2. The lowest BCUT2D eigenvalue weighted by atomic mass is 10.00. The highest BCUT2D eigenvalue weighted by Crippen LogP contribution is 2.31. The van der Waals surface area contributed by atoms with E-state index in [4.69, 9.17) is 4.74 Å². The Kier molecular flexibility index (Phi) is 3.53. The van der Waals surface area contributed by atoms with Gasteiger partial charge in [0, 0.05) is 13.0 Å². The standard InChI is InChI=1S/C15H19NO3/c17-13-8-10-4-1-2-6-12(10)14(13)16-15(18)11-5-3-7-19-9-11/h1-2,4,6,11,13-14,17H,3,5,7-9H2,(H,16,18)/t11?,13-,14+/m1/s1. The minimum absolute atomic E-state index is 0.000420. The molecule has 1 fully saturated rings. The van der Waals surface area contributed by atoms with E-state index in [-0.39, 0.29) is 17.9 Å². The molecule has 1 unspecified atom stereocenters. The van der Waals surface area contributed by atoms with Crippen molar-refractivity contribution in [2.75, 3.05) is 13.2 Å². The molecule has 0 radical (unpaired) electrons. The first kappa shape index (κ1) is 12.6. The van der Waals surface area contributed by atoms with Gasteiger partial charge in [0.25, 0.3) is 0 Å². The van der Waals surface area contributed by atoms with Crippen LogP contribution in [0.25, 0.3) is 0 Å². The molecule has 1 aliphatic heterocycles. The number of carbonyl (C=O) groups excluding carboxylic acids is 1. The molecule has 3 rings (SSSR count). The molecule has 1 heterocycles. The fraction of sp³-hybridized carbons (Fsp3) is 0.533. The lowest BCUT2D eigenvalue weighted by Gasteiger charge is -2.25. The van der Waals surface area contributed by atoms with Gasteiger partial charge in [0.1, 0.15) is 0 Å². The Labute approximate surface area is 112 Å². The molecule has 3 atom stereocenters. The average Bonchev–Trinajstić information content (AvgIpc) is 2.76. The molecule has 0 saturated carbocycles. The summed E-state index contributed by atoms with van der Waals surface area (Å²) in [5.41, 5.74) is 2.17. The fourth-order valence-electron chi connectivity index (χ4n) is 2.97. The summed E-state index contributed by atoms with van der Waals surface area (Å²) in [5, 5.41) is 13.1. The topological polar surface area (TPSA) is 58.6 Å². The van der Waals surface area contributed by atoms with Gasteiger partial charge in [-0.15, -0.1) is 0 Å². The summed E-state index contributed by atoms with van der Waals surface area (Å²) in [6.45, 7) is 1.25. The molecule has 19 heavy (non-hydrogen) atoms. The van der Waals surface area contributed by atoms with Crippen molar-refractivity contribution in [2.45, 2.75) is 31.4 Å². The van der Waals surface area contributed by atoms with E-state index >= 15 is 0 Å². The van der Waals surface area contributed by atoms with Gasteiger partial charge in [0.2, 0.25) is 5.91 Å². The highest BCUT2D eigenvalue weighted by Gasteiger charge is 2.33. The summed E-state index contributed by atoms with van der Waals surface area (Å²) in [7, 11) is 0. The largest absolute Gasteiger partial charge is 0.390 e. The van der Waals surface area contributed by atoms with Crippen LogP contribution in [0.3, 0.4) is 0 Å². The number of fused-ring (bicyclic) bond motifs is 1. The van der Waals surface area contributed by atoms with Crippen molar-refractivity contribution < 1.29 is 14.6 Å². The summed E-state index contributed by atoms with van der Waals surface area (Å²) in [6.07, 6.45) is 1.89. The van der Waals surface area contributed by atoms with Crippen LogP contribution in [0, 0.1) is 5.92 Å². The minimum atomic E-state index is -0.522. The maximum atomic E-state index is 12.2. The van der Waals surface area contributed by atoms with Crippen LogP contribution in [0.1, 0.15) is 30.0 Å². The molecule has 1 saturated heterocycles. The number of hydrogen-bond acceptors (Lipinski definition) is 3. The summed E-state index contributed by atoms with van der Waals surface area (Å²) in [6, 6.07) is 7.62. The molecule has 102 valence electrons. The van der Waals surface area contributed by atoms with Crippen molar-refractivity contribution in [3.8, 4) is 0 Å².